The van der Waals surface area contributed by atoms with Gasteiger partial charge in [-0.1, -0.05) is 29.8 Å². The Labute approximate surface area is 150 Å². The molecule has 1 N–H and O–H groups in total. The summed E-state index contributed by atoms with van der Waals surface area (Å²) in [5.74, 6) is 0.0312. The maximum atomic E-state index is 12.2. The van der Waals surface area contributed by atoms with Gasteiger partial charge >= 0.3 is 0 Å². The molecule has 0 aliphatic rings. The highest BCUT2D eigenvalue weighted by Gasteiger charge is 2.16. The fraction of sp³-hybridized carbons (Fsp3) is 0.222. The van der Waals surface area contributed by atoms with Gasteiger partial charge in [-0.2, -0.15) is 5.10 Å². The van der Waals surface area contributed by atoms with Crippen molar-refractivity contribution in [3.05, 3.63) is 75.7 Å². The average Bonchev–Trinajstić information content (AvgIpc) is 3.27. The molecule has 1 aromatic carbocycles. The molecule has 2 aromatic heterocycles. The van der Waals surface area contributed by atoms with Crippen molar-refractivity contribution in [2.24, 2.45) is 0 Å². The lowest BCUT2D eigenvalue weighted by Crippen LogP contribution is -2.31. The molecule has 1 atom stereocenters. The molecule has 0 unspecified atom stereocenters. The molecule has 0 spiro atoms. The number of benzene rings is 1. The van der Waals surface area contributed by atoms with Crippen LogP contribution in [0.15, 0.2) is 60.2 Å². The van der Waals surface area contributed by atoms with Gasteiger partial charge in [-0.25, -0.2) is 0 Å². The van der Waals surface area contributed by atoms with E-state index in [2.05, 4.69) is 16.5 Å². The molecule has 0 aliphatic heterocycles. The van der Waals surface area contributed by atoms with Crippen molar-refractivity contribution < 1.29 is 4.79 Å². The van der Waals surface area contributed by atoms with E-state index >= 15 is 0 Å². The van der Waals surface area contributed by atoms with Crippen LogP contribution in [0.25, 0.3) is 0 Å². The van der Waals surface area contributed by atoms with Crippen molar-refractivity contribution in [1.29, 1.82) is 0 Å². The number of aryl methyl sites for hydroxylation is 1. The Morgan fingerprint density at radius 3 is 2.92 bits per heavy atom. The van der Waals surface area contributed by atoms with Crippen LogP contribution in [0, 0.1) is 0 Å². The second kappa shape index (κ2) is 8.13. The molecule has 124 valence electrons. The van der Waals surface area contributed by atoms with E-state index in [0.717, 1.165) is 5.56 Å². The number of aromatic nitrogens is 2. The van der Waals surface area contributed by atoms with Crippen LogP contribution in [0.3, 0.4) is 0 Å². The van der Waals surface area contributed by atoms with Crippen LogP contribution in [-0.4, -0.2) is 22.2 Å². The number of carbonyl (C=O) groups excluding carboxylic acids is 1. The summed E-state index contributed by atoms with van der Waals surface area (Å²) in [5.41, 5.74) is 1.07. The molecule has 0 aliphatic carbocycles. The van der Waals surface area contributed by atoms with Crippen molar-refractivity contribution >= 4 is 28.8 Å². The number of rotatable bonds is 7. The molecule has 3 aromatic rings. The maximum Gasteiger partial charge on any atom is 0.220 e. The van der Waals surface area contributed by atoms with Gasteiger partial charge in [0.25, 0.3) is 0 Å². The third-order valence-corrected chi connectivity index (χ3v) is 4.95. The van der Waals surface area contributed by atoms with Gasteiger partial charge < -0.3 is 5.32 Å². The summed E-state index contributed by atoms with van der Waals surface area (Å²) < 4.78 is 1.88. The molecule has 0 saturated carbocycles. The normalized spacial score (nSPS) is 12.0. The number of carbonyl (C=O) groups is 1. The molecule has 0 bridgehead atoms. The lowest BCUT2D eigenvalue weighted by Gasteiger charge is -2.17. The van der Waals surface area contributed by atoms with E-state index in [1.54, 1.807) is 17.5 Å². The highest BCUT2D eigenvalue weighted by atomic mass is 35.5. The second-order valence-electron chi connectivity index (χ2n) is 5.45. The third-order valence-electron chi connectivity index (χ3n) is 3.74. The number of amides is 1. The summed E-state index contributed by atoms with van der Waals surface area (Å²) in [4.78, 5) is 13.3. The van der Waals surface area contributed by atoms with Crippen LogP contribution in [0.1, 0.15) is 22.9 Å². The number of nitrogens with one attached hydrogen (secondary N) is 1. The molecule has 0 radical (unpaired) electrons. The largest absolute Gasteiger partial charge is 0.354 e. The minimum absolute atomic E-state index is 0.0233. The molecule has 6 heteroatoms. The first-order chi connectivity index (χ1) is 11.7. The van der Waals surface area contributed by atoms with Crippen LogP contribution >= 0.6 is 22.9 Å². The first-order valence-electron chi connectivity index (χ1n) is 7.76. The molecule has 0 fully saturated rings. The van der Waals surface area contributed by atoms with E-state index < -0.39 is 0 Å². The Morgan fingerprint density at radius 1 is 1.29 bits per heavy atom. The van der Waals surface area contributed by atoms with Gasteiger partial charge in [-0.05, 0) is 41.6 Å². The number of thiophene rings is 1. The quantitative estimate of drug-likeness (QED) is 0.694. The summed E-state index contributed by atoms with van der Waals surface area (Å²) in [7, 11) is 0. The minimum Gasteiger partial charge on any atom is -0.354 e. The molecule has 0 saturated heterocycles. The van der Waals surface area contributed by atoms with Crippen LogP contribution in [0.2, 0.25) is 5.02 Å². The fourth-order valence-electron chi connectivity index (χ4n) is 2.52. The van der Waals surface area contributed by atoms with E-state index in [1.807, 2.05) is 52.7 Å². The van der Waals surface area contributed by atoms with Crippen LogP contribution in [0.4, 0.5) is 0 Å². The minimum atomic E-state index is 0.0233. The average molecular weight is 360 g/mol. The summed E-state index contributed by atoms with van der Waals surface area (Å²) in [6, 6.07) is 13.6. The lowest BCUT2D eigenvalue weighted by atomic mass is 10.1. The van der Waals surface area contributed by atoms with E-state index in [4.69, 9.17) is 11.6 Å². The van der Waals surface area contributed by atoms with Crippen molar-refractivity contribution in [2.75, 3.05) is 6.54 Å². The summed E-state index contributed by atoms with van der Waals surface area (Å²) in [5, 5.41) is 10.1. The van der Waals surface area contributed by atoms with Crippen molar-refractivity contribution in [3.63, 3.8) is 0 Å². The van der Waals surface area contributed by atoms with E-state index in [9.17, 15) is 4.79 Å². The standard InChI is InChI=1S/C18H18ClN3OS/c19-15-5-1-4-14(12-15)7-8-18(23)20-13-16(17-6-2-11-24-17)22-10-3-9-21-22/h1-6,9-12,16H,7-8,13H2,(H,20,23)/t16-/m0/s1. The molecular formula is C18H18ClN3OS. The first-order valence-corrected chi connectivity index (χ1v) is 9.02. The summed E-state index contributed by atoms with van der Waals surface area (Å²) >= 11 is 7.63. The molecular weight excluding hydrogens is 342 g/mol. The zero-order valence-electron chi connectivity index (χ0n) is 13.1. The zero-order valence-corrected chi connectivity index (χ0v) is 14.6. The van der Waals surface area contributed by atoms with Gasteiger partial charge in [-0.15, -0.1) is 11.3 Å². The first kappa shape index (κ1) is 16.7. The van der Waals surface area contributed by atoms with Crippen LogP contribution in [-0.2, 0) is 11.2 Å². The van der Waals surface area contributed by atoms with E-state index in [1.165, 1.54) is 4.88 Å². The Balaban J connectivity index is 1.56. The van der Waals surface area contributed by atoms with Gasteiger partial charge in [0.05, 0.1) is 0 Å². The van der Waals surface area contributed by atoms with Crippen LogP contribution in [0.5, 0.6) is 0 Å². The molecule has 4 nitrogen and oxygen atoms in total. The Hall–Kier alpha value is -2.11. The second-order valence-corrected chi connectivity index (χ2v) is 6.87. The lowest BCUT2D eigenvalue weighted by molar-refractivity contribution is -0.121. The van der Waals surface area contributed by atoms with Gasteiger partial charge in [0.2, 0.25) is 5.91 Å². The molecule has 2 heterocycles. The number of hydrogen-bond acceptors (Lipinski definition) is 3. The zero-order chi connectivity index (χ0) is 16.8. The van der Waals surface area contributed by atoms with Gasteiger partial charge in [-0.3, -0.25) is 9.48 Å². The molecule has 1 amide bonds. The van der Waals surface area contributed by atoms with E-state index in [0.29, 0.717) is 24.4 Å². The SMILES string of the molecule is O=C(CCc1cccc(Cl)c1)NC[C@@H](c1cccs1)n1cccn1. The molecule has 24 heavy (non-hydrogen) atoms. The molecule has 3 rings (SSSR count). The highest BCUT2D eigenvalue weighted by Crippen LogP contribution is 2.22. The highest BCUT2D eigenvalue weighted by molar-refractivity contribution is 7.10. The Morgan fingerprint density at radius 2 is 2.21 bits per heavy atom. The predicted octanol–water partition coefficient (Wildman–Crippen LogP) is 3.94. The Kier molecular flexibility index (Phi) is 5.67. The van der Waals surface area contributed by atoms with Gasteiger partial charge in [0.1, 0.15) is 6.04 Å². The van der Waals surface area contributed by atoms with Crippen molar-refractivity contribution in [1.82, 2.24) is 15.1 Å². The predicted molar refractivity (Wildman–Crippen MR) is 97.5 cm³/mol. The topological polar surface area (TPSA) is 46.9 Å². The van der Waals surface area contributed by atoms with Gasteiger partial charge in [0, 0.05) is 35.3 Å². The van der Waals surface area contributed by atoms with E-state index in [-0.39, 0.29) is 11.9 Å². The van der Waals surface area contributed by atoms with Crippen LogP contribution < -0.4 is 5.32 Å². The monoisotopic (exact) mass is 359 g/mol. The number of nitrogens with zero attached hydrogens (tertiary/aromatic N) is 2. The van der Waals surface area contributed by atoms with Gasteiger partial charge in [0.15, 0.2) is 0 Å². The maximum absolute atomic E-state index is 12.2. The Bertz CT molecular complexity index is 737. The number of halogens is 1. The summed E-state index contributed by atoms with van der Waals surface area (Å²) in [6.07, 6.45) is 4.79. The third kappa shape index (κ3) is 4.46. The van der Waals surface area contributed by atoms with Crippen molar-refractivity contribution in [3.8, 4) is 0 Å². The summed E-state index contributed by atoms with van der Waals surface area (Å²) in [6.45, 7) is 0.524. The number of hydrogen-bond donors (Lipinski definition) is 1. The van der Waals surface area contributed by atoms with Crippen molar-refractivity contribution in [2.45, 2.75) is 18.9 Å². The fourth-order valence-corrected chi connectivity index (χ4v) is 3.55. The smallest absolute Gasteiger partial charge is 0.220 e.